The summed E-state index contributed by atoms with van der Waals surface area (Å²) in [5.74, 6) is -0.173. The topological polar surface area (TPSA) is 12.0 Å². The van der Waals surface area contributed by atoms with E-state index < -0.39 is 0 Å². The molecule has 104 valence electrons. The van der Waals surface area contributed by atoms with Gasteiger partial charge in [0.05, 0.1) is 0 Å². The van der Waals surface area contributed by atoms with Gasteiger partial charge in [-0.3, -0.25) is 0 Å². The van der Waals surface area contributed by atoms with Gasteiger partial charge in [0.1, 0.15) is 5.82 Å². The molecule has 1 N–H and O–H groups in total. The molecule has 0 heterocycles. The van der Waals surface area contributed by atoms with Crippen LogP contribution in [0.2, 0.25) is 0 Å². The van der Waals surface area contributed by atoms with Gasteiger partial charge in [-0.2, -0.15) is 0 Å². The van der Waals surface area contributed by atoms with Crippen LogP contribution in [0.15, 0.2) is 53.4 Å². The summed E-state index contributed by atoms with van der Waals surface area (Å²) in [5.41, 5.74) is 2.85. The van der Waals surface area contributed by atoms with Crippen molar-refractivity contribution in [2.75, 3.05) is 7.05 Å². The van der Waals surface area contributed by atoms with Gasteiger partial charge in [0.25, 0.3) is 0 Å². The molecule has 2 aromatic carbocycles. The Kier molecular flexibility index (Phi) is 4.08. The third kappa shape index (κ3) is 2.74. The van der Waals surface area contributed by atoms with Crippen molar-refractivity contribution in [1.82, 2.24) is 5.32 Å². The first-order valence-electron chi connectivity index (χ1n) is 6.95. The smallest absolute Gasteiger partial charge is 0.123 e. The summed E-state index contributed by atoms with van der Waals surface area (Å²) in [6, 6.07) is 15.8. The van der Waals surface area contributed by atoms with Crippen LogP contribution in [0.5, 0.6) is 0 Å². The first kappa shape index (κ1) is 13.7. The fourth-order valence-electron chi connectivity index (χ4n) is 2.89. The van der Waals surface area contributed by atoms with E-state index in [0.717, 1.165) is 17.7 Å². The van der Waals surface area contributed by atoms with Gasteiger partial charge in [0.2, 0.25) is 0 Å². The maximum absolute atomic E-state index is 13.0. The molecule has 2 unspecified atom stereocenters. The summed E-state index contributed by atoms with van der Waals surface area (Å²) >= 11 is 1.84. The number of fused-ring (bicyclic) bond motifs is 1. The molecule has 0 saturated heterocycles. The Morgan fingerprint density at radius 2 is 1.85 bits per heavy atom. The largest absolute Gasteiger partial charge is 0.312 e. The molecule has 2 aromatic rings. The highest BCUT2D eigenvalue weighted by atomic mass is 32.2. The van der Waals surface area contributed by atoms with Crippen molar-refractivity contribution in [2.45, 2.75) is 29.0 Å². The molecule has 2 atom stereocenters. The maximum Gasteiger partial charge on any atom is 0.123 e. The predicted molar refractivity (Wildman–Crippen MR) is 82.6 cm³/mol. The van der Waals surface area contributed by atoms with E-state index in [2.05, 4.69) is 29.6 Å². The highest BCUT2D eigenvalue weighted by Crippen LogP contribution is 2.39. The van der Waals surface area contributed by atoms with Crippen LogP contribution in [0.1, 0.15) is 23.6 Å². The van der Waals surface area contributed by atoms with Crippen molar-refractivity contribution in [3.8, 4) is 0 Å². The lowest BCUT2D eigenvalue weighted by atomic mass is 9.87. The van der Waals surface area contributed by atoms with E-state index in [4.69, 9.17) is 0 Å². The van der Waals surface area contributed by atoms with Crippen molar-refractivity contribution < 1.29 is 4.39 Å². The average Bonchev–Trinajstić information content (AvgIpc) is 2.49. The summed E-state index contributed by atoms with van der Waals surface area (Å²) in [6.07, 6.45) is 2.26. The van der Waals surface area contributed by atoms with Crippen molar-refractivity contribution in [2.24, 2.45) is 0 Å². The van der Waals surface area contributed by atoms with Crippen LogP contribution in [0.25, 0.3) is 0 Å². The maximum atomic E-state index is 13.0. The van der Waals surface area contributed by atoms with E-state index in [0.29, 0.717) is 11.3 Å². The first-order valence-corrected chi connectivity index (χ1v) is 7.83. The SMILES string of the molecule is CNC1c2ccccc2CCC1Sc1ccc(F)cc1. The van der Waals surface area contributed by atoms with Gasteiger partial charge in [0, 0.05) is 16.2 Å². The highest BCUT2D eigenvalue weighted by molar-refractivity contribution is 8.00. The lowest BCUT2D eigenvalue weighted by Gasteiger charge is -2.33. The average molecular weight is 287 g/mol. The van der Waals surface area contributed by atoms with Crippen molar-refractivity contribution in [1.29, 1.82) is 0 Å². The minimum atomic E-state index is -0.173. The third-order valence-corrected chi connectivity index (χ3v) is 5.23. The van der Waals surface area contributed by atoms with Crippen LogP contribution in [0.4, 0.5) is 4.39 Å². The van der Waals surface area contributed by atoms with Gasteiger partial charge in [-0.1, -0.05) is 24.3 Å². The van der Waals surface area contributed by atoms with Crippen LogP contribution < -0.4 is 5.32 Å². The van der Waals surface area contributed by atoms with E-state index in [-0.39, 0.29) is 5.82 Å². The number of hydrogen-bond donors (Lipinski definition) is 1. The van der Waals surface area contributed by atoms with Crippen LogP contribution in [-0.4, -0.2) is 12.3 Å². The summed E-state index contributed by atoms with van der Waals surface area (Å²) < 4.78 is 13.0. The standard InChI is InChI=1S/C17H18FNS/c1-19-17-15-5-3-2-4-12(15)6-11-16(17)20-14-9-7-13(18)8-10-14/h2-5,7-10,16-17,19H,6,11H2,1H3. The summed E-state index contributed by atoms with van der Waals surface area (Å²) in [5, 5.41) is 3.93. The zero-order valence-corrected chi connectivity index (χ0v) is 12.3. The predicted octanol–water partition coefficient (Wildman–Crippen LogP) is 4.19. The Balaban J connectivity index is 1.82. The number of nitrogens with one attached hydrogen (secondary N) is 1. The lowest BCUT2D eigenvalue weighted by Crippen LogP contribution is -2.32. The summed E-state index contributed by atoms with van der Waals surface area (Å²) in [4.78, 5) is 1.14. The number of halogens is 1. The van der Waals surface area contributed by atoms with Gasteiger partial charge in [0.15, 0.2) is 0 Å². The Labute approximate surface area is 123 Å². The Morgan fingerprint density at radius 1 is 1.10 bits per heavy atom. The molecular formula is C17H18FNS. The monoisotopic (exact) mass is 287 g/mol. The number of benzene rings is 2. The molecule has 0 aromatic heterocycles. The molecule has 1 nitrogen and oxygen atoms in total. The molecule has 0 fully saturated rings. The molecule has 0 saturated carbocycles. The molecule has 20 heavy (non-hydrogen) atoms. The van der Waals surface area contributed by atoms with E-state index in [1.54, 1.807) is 0 Å². The summed E-state index contributed by atoms with van der Waals surface area (Å²) in [6.45, 7) is 0. The summed E-state index contributed by atoms with van der Waals surface area (Å²) in [7, 11) is 2.02. The van der Waals surface area contributed by atoms with Gasteiger partial charge < -0.3 is 5.32 Å². The Bertz CT molecular complexity index is 582. The van der Waals surface area contributed by atoms with Crippen LogP contribution in [-0.2, 0) is 6.42 Å². The first-order chi connectivity index (χ1) is 9.78. The van der Waals surface area contributed by atoms with Crippen LogP contribution >= 0.6 is 11.8 Å². The fourth-order valence-corrected chi connectivity index (χ4v) is 4.18. The number of rotatable bonds is 3. The Hall–Kier alpha value is -1.32. The van der Waals surface area contributed by atoms with Gasteiger partial charge >= 0.3 is 0 Å². The van der Waals surface area contributed by atoms with Crippen molar-refractivity contribution in [3.05, 3.63) is 65.5 Å². The molecule has 0 radical (unpaired) electrons. The number of thioether (sulfide) groups is 1. The zero-order chi connectivity index (χ0) is 13.9. The second-order valence-electron chi connectivity index (χ2n) is 5.11. The molecular weight excluding hydrogens is 269 g/mol. The zero-order valence-electron chi connectivity index (χ0n) is 11.5. The molecule has 0 bridgehead atoms. The molecule has 0 aliphatic heterocycles. The van der Waals surface area contributed by atoms with Crippen molar-refractivity contribution in [3.63, 3.8) is 0 Å². The molecule has 3 rings (SSSR count). The highest BCUT2D eigenvalue weighted by Gasteiger charge is 2.28. The lowest BCUT2D eigenvalue weighted by molar-refractivity contribution is 0.510. The minimum absolute atomic E-state index is 0.173. The Morgan fingerprint density at radius 3 is 2.60 bits per heavy atom. The van der Waals surface area contributed by atoms with E-state index in [1.165, 1.54) is 23.3 Å². The number of hydrogen-bond acceptors (Lipinski definition) is 2. The third-order valence-electron chi connectivity index (χ3n) is 3.87. The number of aryl methyl sites for hydroxylation is 1. The van der Waals surface area contributed by atoms with Crippen LogP contribution in [0.3, 0.4) is 0 Å². The molecule has 1 aliphatic carbocycles. The van der Waals surface area contributed by atoms with Gasteiger partial charge in [-0.05, 0) is 55.3 Å². The molecule has 3 heteroatoms. The van der Waals surface area contributed by atoms with Gasteiger partial charge in [-0.25, -0.2) is 4.39 Å². The second kappa shape index (κ2) is 5.98. The fraction of sp³-hybridized carbons (Fsp3) is 0.294. The van der Waals surface area contributed by atoms with E-state index in [1.807, 2.05) is 30.9 Å². The van der Waals surface area contributed by atoms with Crippen LogP contribution in [0, 0.1) is 5.82 Å². The normalized spacial score (nSPS) is 21.5. The van der Waals surface area contributed by atoms with Crippen molar-refractivity contribution >= 4 is 11.8 Å². The van der Waals surface area contributed by atoms with E-state index >= 15 is 0 Å². The minimum Gasteiger partial charge on any atom is -0.312 e. The molecule has 0 spiro atoms. The molecule has 1 aliphatic rings. The van der Waals surface area contributed by atoms with E-state index in [9.17, 15) is 4.39 Å². The second-order valence-corrected chi connectivity index (χ2v) is 6.43. The quantitative estimate of drug-likeness (QED) is 0.908. The molecule has 0 amide bonds. The van der Waals surface area contributed by atoms with Gasteiger partial charge in [-0.15, -0.1) is 11.8 Å².